The number of alkyl halides is 2. The van der Waals surface area contributed by atoms with Gasteiger partial charge in [-0.05, 0) is 24.6 Å². The van der Waals surface area contributed by atoms with Crippen molar-refractivity contribution in [2.24, 2.45) is 5.73 Å². The SMILES string of the molecule is Cc1cc(Br)cc([C@H](N)C(F)F)c1O. The molecule has 1 atom stereocenters. The van der Waals surface area contributed by atoms with Gasteiger partial charge in [-0.25, -0.2) is 8.78 Å². The van der Waals surface area contributed by atoms with Gasteiger partial charge in [0.2, 0.25) is 0 Å². The summed E-state index contributed by atoms with van der Waals surface area (Å²) in [6.45, 7) is 1.63. The molecule has 14 heavy (non-hydrogen) atoms. The number of rotatable bonds is 2. The summed E-state index contributed by atoms with van der Waals surface area (Å²) in [6, 6.07) is 1.59. The fourth-order valence-electron chi connectivity index (χ4n) is 1.15. The Morgan fingerprint density at radius 3 is 2.50 bits per heavy atom. The zero-order valence-corrected chi connectivity index (χ0v) is 9.05. The predicted molar refractivity (Wildman–Crippen MR) is 53.5 cm³/mol. The van der Waals surface area contributed by atoms with E-state index in [0.717, 1.165) is 0 Å². The second-order valence-corrected chi connectivity index (χ2v) is 3.94. The van der Waals surface area contributed by atoms with Crippen molar-refractivity contribution in [2.45, 2.75) is 19.4 Å². The molecule has 0 spiro atoms. The molecule has 2 nitrogen and oxygen atoms in total. The van der Waals surface area contributed by atoms with Gasteiger partial charge < -0.3 is 10.8 Å². The third kappa shape index (κ3) is 2.22. The molecule has 0 bridgehead atoms. The van der Waals surface area contributed by atoms with Gasteiger partial charge in [0, 0.05) is 10.0 Å². The Kier molecular flexibility index (Phi) is 3.44. The largest absolute Gasteiger partial charge is 0.507 e. The normalized spacial score (nSPS) is 13.3. The first-order chi connectivity index (χ1) is 6.43. The molecule has 0 saturated heterocycles. The lowest BCUT2D eigenvalue weighted by Crippen LogP contribution is -2.19. The van der Waals surface area contributed by atoms with Gasteiger partial charge in [0.15, 0.2) is 0 Å². The van der Waals surface area contributed by atoms with Crippen LogP contribution >= 0.6 is 15.9 Å². The van der Waals surface area contributed by atoms with E-state index in [1.54, 1.807) is 13.0 Å². The Morgan fingerprint density at radius 1 is 1.43 bits per heavy atom. The van der Waals surface area contributed by atoms with Crippen molar-refractivity contribution in [2.75, 3.05) is 0 Å². The number of aromatic hydroxyl groups is 1. The number of phenols is 1. The number of halogens is 3. The number of phenolic OH excluding ortho intramolecular Hbond substituents is 1. The van der Waals surface area contributed by atoms with Crippen LogP contribution in [0.1, 0.15) is 17.2 Å². The van der Waals surface area contributed by atoms with Crippen LogP contribution in [0.2, 0.25) is 0 Å². The fraction of sp³-hybridized carbons (Fsp3) is 0.333. The Balaban J connectivity index is 3.20. The van der Waals surface area contributed by atoms with Crippen molar-refractivity contribution in [1.29, 1.82) is 0 Å². The average molecular weight is 266 g/mol. The molecule has 0 unspecified atom stereocenters. The lowest BCUT2D eigenvalue weighted by Gasteiger charge is -2.14. The molecular weight excluding hydrogens is 256 g/mol. The van der Waals surface area contributed by atoms with Gasteiger partial charge in [0.25, 0.3) is 6.43 Å². The van der Waals surface area contributed by atoms with Crippen LogP contribution < -0.4 is 5.73 Å². The van der Waals surface area contributed by atoms with E-state index < -0.39 is 12.5 Å². The first-order valence-electron chi connectivity index (χ1n) is 3.96. The molecule has 0 saturated carbocycles. The Bertz CT molecular complexity index is 344. The molecule has 0 aliphatic heterocycles. The lowest BCUT2D eigenvalue weighted by molar-refractivity contribution is 0.115. The minimum Gasteiger partial charge on any atom is -0.507 e. The summed E-state index contributed by atoms with van der Waals surface area (Å²) in [4.78, 5) is 0. The van der Waals surface area contributed by atoms with E-state index in [-0.39, 0.29) is 11.3 Å². The van der Waals surface area contributed by atoms with Crippen molar-refractivity contribution in [3.05, 3.63) is 27.7 Å². The van der Waals surface area contributed by atoms with E-state index in [9.17, 15) is 13.9 Å². The Hall–Kier alpha value is -0.680. The molecule has 0 fully saturated rings. The lowest BCUT2D eigenvalue weighted by atomic mass is 10.0. The number of aryl methyl sites for hydroxylation is 1. The zero-order valence-electron chi connectivity index (χ0n) is 7.47. The van der Waals surface area contributed by atoms with E-state index >= 15 is 0 Å². The van der Waals surface area contributed by atoms with Crippen molar-refractivity contribution >= 4 is 15.9 Å². The molecule has 1 aromatic carbocycles. The summed E-state index contributed by atoms with van der Waals surface area (Å²) in [5, 5.41) is 9.51. The van der Waals surface area contributed by atoms with Crippen LogP contribution in [0.25, 0.3) is 0 Å². The van der Waals surface area contributed by atoms with Crippen molar-refractivity contribution in [3.63, 3.8) is 0 Å². The zero-order chi connectivity index (χ0) is 10.9. The van der Waals surface area contributed by atoms with Crippen LogP contribution in [-0.2, 0) is 0 Å². The molecule has 0 aliphatic rings. The van der Waals surface area contributed by atoms with Crippen LogP contribution in [0.3, 0.4) is 0 Å². The smallest absolute Gasteiger partial charge is 0.257 e. The average Bonchev–Trinajstić information content (AvgIpc) is 2.09. The summed E-state index contributed by atoms with van der Waals surface area (Å²) in [5.74, 6) is -0.166. The molecule has 0 heterocycles. The van der Waals surface area contributed by atoms with E-state index in [2.05, 4.69) is 15.9 Å². The van der Waals surface area contributed by atoms with E-state index in [0.29, 0.717) is 10.0 Å². The summed E-state index contributed by atoms with van der Waals surface area (Å²) in [7, 11) is 0. The summed E-state index contributed by atoms with van der Waals surface area (Å²) in [5.41, 5.74) is 5.83. The molecule has 3 N–H and O–H groups in total. The molecular formula is C9H10BrF2NO. The van der Waals surface area contributed by atoms with E-state index in [1.165, 1.54) is 6.07 Å². The maximum absolute atomic E-state index is 12.3. The number of nitrogens with two attached hydrogens (primary N) is 1. The van der Waals surface area contributed by atoms with Gasteiger partial charge in [0.1, 0.15) is 5.75 Å². The van der Waals surface area contributed by atoms with Gasteiger partial charge in [-0.3, -0.25) is 0 Å². The first kappa shape index (κ1) is 11.4. The van der Waals surface area contributed by atoms with Crippen LogP contribution in [0.4, 0.5) is 8.78 Å². The molecule has 1 rings (SSSR count). The summed E-state index contributed by atoms with van der Waals surface area (Å²) >= 11 is 3.15. The van der Waals surface area contributed by atoms with Crippen molar-refractivity contribution in [3.8, 4) is 5.75 Å². The highest BCUT2D eigenvalue weighted by molar-refractivity contribution is 9.10. The number of benzene rings is 1. The highest BCUT2D eigenvalue weighted by atomic mass is 79.9. The molecule has 5 heteroatoms. The van der Waals surface area contributed by atoms with Gasteiger partial charge in [0.05, 0.1) is 6.04 Å². The molecule has 78 valence electrons. The Labute approximate surface area is 88.9 Å². The topological polar surface area (TPSA) is 46.2 Å². The van der Waals surface area contributed by atoms with Crippen LogP contribution in [0.15, 0.2) is 16.6 Å². The maximum Gasteiger partial charge on any atom is 0.257 e. The standard InChI is InChI=1S/C9H10BrF2NO/c1-4-2-5(10)3-6(8(4)14)7(13)9(11)12/h2-3,7,9,14H,13H2,1H3/t7-/m0/s1. The number of hydrogen-bond acceptors (Lipinski definition) is 2. The third-order valence-corrected chi connectivity index (χ3v) is 2.38. The van der Waals surface area contributed by atoms with Crippen molar-refractivity contribution in [1.82, 2.24) is 0 Å². The highest BCUT2D eigenvalue weighted by Gasteiger charge is 2.21. The van der Waals surface area contributed by atoms with Crippen molar-refractivity contribution < 1.29 is 13.9 Å². The Morgan fingerprint density at radius 2 is 2.00 bits per heavy atom. The van der Waals surface area contributed by atoms with E-state index in [4.69, 9.17) is 5.73 Å². The van der Waals surface area contributed by atoms with Gasteiger partial charge in [-0.2, -0.15) is 0 Å². The summed E-state index contributed by atoms with van der Waals surface area (Å²) < 4.78 is 25.2. The van der Waals surface area contributed by atoms with Crippen LogP contribution in [0.5, 0.6) is 5.75 Å². The van der Waals surface area contributed by atoms with Crippen LogP contribution in [-0.4, -0.2) is 11.5 Å². The first-order valence-corrected chi connectivity index (χ1v) is 4.75. The van der Waals surface area contributed by atoms with Gasteiger partial charge >= 0.3 is 0 Å². The quantitative estimate of drug-likeness (QED) is 0.864. The minimum atomic E-state index is -2.69. The molecule has 0 aromatic heterocycles. The molecule has 0 radical (unpaired) electrons. The van der Waals surface area contributed by atoms with Gasteiger partial charge in [-0.15, -0.1) is 0 Å². The van der Waals surface area contributed by atoms with Crippen LogP contribution in [0, 0.1) is 6.92 Å². The maximum atomic E-state index is 12.3. The second kappa shape index (κ2) is 4.23. The summed E-state index contributed by atoms with van der Waals surface area (Å²) in [6.07, 6.45) is -2.69. The highest BCUT2D eigenvalue weighted by Crippen LogP contribution is 2.32. The molecule has 1 aromatic rings. The van der Waals surface area contributed by atoms with Gasteiger partial charge in [-0.1, -0.05) is 15.9 Å². The predicted octanol–water partition coefficient (Wildman–Crippen LogP) is 2.73. The number of hydrogen-bond donors (Lipinski definition) is 2. The minimum absolute atomic E-state index is 0.0619. The second-order valence-electron chi connectivity index (χ2n) is 3.02. The fourth-order valence-corrected chi connectivity index (χ4v) is 1.74. The molecule has 0 amide bonds. The van der Waals surface area contributed by atoms with E-state index in [1.807, 2.05) is 0 Å². The monoisotopic (exact) mass is 265 g/mol. The third-order valence-electron chi connectivity index (χ3n) is 1.93. The molecule has 0 aliphatic carbocycles.